The summed E-state index contributed by atoms with van der Waals surface area (Å²) in [6.07, 6.45) is 2.05. The summed E-state index contributed by atoms with van der Waals surface area (Å²) in [6, 6.07) is 7.46. The van der Waals surface area contributed by atoms with E-state index in [2.05, 4.69) is 6.26 Å². The zero-order valence-electron chi connectivity index (χ0n) is 11.0. The lowest BCUT2D eigenvalue weighted by Gasteiger charge is -2.34. The van der Waals surface area contributed by atoms with Gasteiger partial charge >= 0.3 is 0 Å². The van der Waals surface area contributed by atoms with E-state index in [-0.39, 0.29) is 18.6 Å². The maximum atomic E-state index is 12.4. The van der Waals surface area contributed by atoms with Gasteiger partial charge in [-0.2, -0.15) is 11.8 Å². The Kier molecular flexibility index (Phi) is 5.24. The fourth-order valence-electron chi connectivity index (χ4n) is 2.15. The molecule has 1 aliphatic rings. The van der Waals surface area contributed by atoms with E-state index in [1.165, 1.54) is 5.56 Å². The molecule has 0 bridgehead atoms. The smallest absolute Gasteiger partial charge is 0.254 e. The van der Waals surface area contributed by atoms with Crippen molar-refractivity contribution in [3.63, 3.8) is 0 Å². The first-order valence-electron chi connectivity index (χ1n) is 6.33. The number of carbonyl (C=O) groups excluding carboxylic acids is 1. The second-order valence-corrected chi connectivity index (χ2v) is 5.41. The molecular weight excluding hydrogens is 262 g/mol. The van der Waals surface area contributed by atoms with E-state index < -0.39 is 0 Å². The van der Waals surface area contributed by atoms with Crippen molar-refractivity contribution in [2.75, 3.05) is 32.6 Å². The SMILES string of the molecule is CSCc1ccc(C(=O)N2CCOCC2CO)cc1. The molecule has 5 heteroatoms. The Balaban J connectivity index is 2.09. The predicted molar refractivity (Wildman–Crippen MR) is 76.4 cm³/mol. The highest BCUT2D eigenvalue weighted by molar-refractivity contribution is 7.97. The van der Waals surface area contributed by atoms with Crippen LogP contribution in [0.5, 0.6) is 0 Å². The van der Waals surface area contributed by atoms with Crippen LogP contribution in [0, 0.1) is 0 Å². The van der Waals surface area contributed by atoms with Crippen LogP contribution in [0.3, 0.4) is 0 Å². The predicted octanol–water partition coefficient (Wildman–Crippen LogP) is 1.38. The normalized spacial score (nSPS) is 19.5. The van der Waals surface area contributed by atoms with Gasteiger partial charge in [0.15, 0.2) is 0 Å². The highest BCUT2D eigenvalue weighted by atomic mass is 32.2. The Bertz CT molecular complexity index is 421. The fourth-order valence-corrected chi connectivity index (χ4v) is 2.68. The second-order valence-electron chi connectivity index (χ2n) is 4.54. The molecule has 1 amide bonds. The van der Waals surface area contributed by atoms with Crippen LogP contribution < -0.4 is 0 Å². The van der Waals surface area contributed by atoms with E-state index in [0.29, 0.717) is 25.3 Å². The number of hydrogen-bond acceptors (Lipinski definition) is 4. The van der Waals surface area contributed by atoms with Crippen molar-refractivity contribution >= 4 is 17.7 Å². The van der Waals surface area contributed by atoms with Gasteiger partial charge in [-0.1, -0.05) is 12.1 Å². The van der Waals surface area contributed by atoms with Crippen molar-refractivity contribution in [1.82, 2.24) is 4.90 Å². The van der Waals surface area contributed by atoms with Crippen LogP contribution in [0.25, 0.3) is 0 Å². The fraction of sp³-hybridized carbons (Fsp3) is 0.500. The van der Waals surface area contributed by atoms with Crippen molar-refractivity contribution in [3.8, 4) is 0 Å². The van der Waals surface area contributed by atoms with Crippen LogP contribution >= 0.6 is 11.8 Å². The van der Waals surface area contributed by atoms with Crippen LogP contribution in [0.15, 0.2) is 24.3 Å². The van der Waals surface area contributed by atoms with Gasteiger partial charge in [0.2, 0.25) is 0 Å². The molecule has 0 aliphatic carbocycles. The molecule has 1 unspecified atom stereocenters. The minimum atomic E-state index is -0.230. The van der Waals surface area contributed by atoms with Gasteiger partial charge in [0.05, 0.1) is 25.9 Å². The van der Waals surface area contributed by atoms with Crippen LogP contribution in [-0.4, -0.2) is 54.6 Å². The Labute approximate surface area is 117 Å². The molecule has 2 rings (SSSR count). The van der Waals surface area contributed by atoms with Crippen LogP contribution in [0.2, 0.25) is 0 Å². The molecular formula is C14H19NO3S. The number of nitrogens with zero attached hydrogens (tertiary/aromatic N) is 1. The number of aliphatic hydroxyl groups is 1. The van der Waals surface area contributed by atoms with Gasteiger partial charge in [0.1, 0.15) is 0 Å². The Morgan fingerprint density at radius 2 is 2.21 bits per heavy atom. The molecule has 1 aromatic carbocycles. The number of ether oxygens (including phenoxy) is 1. The summed E-state index contributed by atoms with van der Waals surface area (Å²) in [4.78, 5) is 14.1. The number of benzene rings is 1. The third-order valence-corrected chi connectivity index (χ3v) is 3.83. The van der Waals surface area contributed by atoms with Gasteiger partial charge in [-0.15, -0.1) is 0 Å². The molecule has 0 radical (unpaired) electrons. The van der Waals surface area contributed by atoms with Gasteiger partial charge in [-0.25, -0.2) is 0 Å². The molecule has 0 aromatic heterocycles. The molecule has 1 atom stereocenters. The van der Waals surface area contributed by atoms with Crippen molar-refractivity contribution in [1.29, 1.82) is 0 Å². The second kappa shape index (κ2) is 6.93. The minimum absolute atomic E-state index is 0.0296. The van der Waals surface area contributed by atoms with Crippen LogP contribution in [0.4, 0.5) is 0 Å². The van der Waals surface area contributed by atoms with Gasteiger partial charge < -0.3 is 14.7 Å². The zero-order valence-corrected chi connectivity index (χ0v) is 11.9. The molecule has 104 valence electrons. The first-order valence-corrected chi connectivity index (χ1v) is 7.73. The third-order valence-electron chi connectivity index (χ3n) is 3.21. The summed E-state index contributed by atoms with van der Waals surface area (Å²) < 4.78 is 5.28. The number of aliphatic hydroxyl groups excluding tert-OH is 1. The van der Waals surface area contributed by atoms with Crippen molar-refractivity contribution in [2.24, 2.45) is 0 Å². The molecule has 0 spiro atoms. The maximum Gasteiger partial charge on any atom is 0.254 e. The summed E-state index contributed by atoms with van der Waals surface area (Å²) >= 11 is 1.76. The van der Waals surface area contributed by atoms with Gasteiger partial charge in [-0.05, 0) is 24.0 Å². The molecule has 1 heterocycles. The first kappa shape index (κ1) is 14.4. The van der Waals surface area contributed by atoms with Crippen molar-refractivity contribution < 1.29 is 14.6 Å². The zero-order chi connectivity index (χ0) is 13.7. The van der Waals surface area contributed by atoms with Crippen LogP contribution in [0.1, 0.15) is 15.9 Å². The molecule has 19 heavy (non-hydrogen) atoms. The number of rotatable bonds is 4. The average molecular weight is 281 g/mol. The van der Waals surface area contributed by atoms with Crippen LogP contribution in [-0.2, 0) is 10.5 Å². The minimum Gasteiger partial charge on any atom is -0.394 e. The third kappa shape index (κ3) is 3.49. The van der Waals surface area contributed by atoms with E-state index in [9.17, 15) is 9.90 Å². The van der Waals surface area contributed by atoms with E-state index >= 15 is 0 Å². The van der Waals surface area contributed by atoms with Crippen molar-refractivity contribution in [3.05, 3.63) is 35.4 Å². The highest BCUT2D eigenvalue weighted by Crippen LogP contribution is 2.15. The average Bonchev–Trinajstić information content (AvgIpc) is 2.47. The van der Waals surface area contributed by atoms with Gasteiger partial charge in [-0.3, -0.25) is 4.79 Å². The summed E-state index contributed by atoms with van der Waals surface area (Å²) in [6.45, 7) is 1.42. The number of hydrogen-bond donors (Lipinski definition) is 1. The first-order chi connectivity index (χ1) is 9.26. The van der Waals surface area contributed by atoms with Gasteiger partial charge in [0.25, 0.3) is 5.91 Å². The maximum absolute atomic E-state index is 12.4. The molecule has 1 N–H and O–H groups in total. The van der Waals surface area contributed by atoms with E-state index in [0.717, 1.165) is 5.75 Å². The monoisotopic (exact) mass is 281 g/mol. The number of carbonyl (C=O) groups is 1. The van der Waals surface area contributed by atoms with Gasteiger partial charge in [0, 0.05) is 17.9 Å². The summed E-state index contributed by atoms with van der Waals surface area (Å²) in [5.74, 6) is 0.920. The molecule has 4 nitrogen and oxygen atoms in total. The number of thioether (sulfide) groups is 1. The quantitative estimate of drug-likeness (QED) is 0.906. The lowest BCUT2D eigenvalue weighted by molar-refractivity contribution is -0.0183. The topological polar surface area (TPSA) is 49.8 Å². The van der Waals surface area contributed by atoms with E-state index in [1.807, 2.05) is 24.3 Å². The lowest BCUT2D eigenvalue weighted by Crippen LogP contribution is -2.50. The van der Waals surface area contributed by atoms with Crippen molar-refractivity contribution in [2.45, 2.75) is 11.8 Å². The summed E-state index contributed by atoms with van der Waals surface area (Å²) in [5, 5.41) is 9.29. The molecule has 0 saturated carbocycles. The van der Waals surface area contributed by atoms with E-state index in [4.69, 9.17) is 4.74 Å². The largest absolute Gasteiger partial charge is 0.394 e. The Hall–Kier alpha value is -1.04. The summed E-state index contributed by atoms with van der Waals surface area (Å²) in [7, 11) is 0. The molecule has 1 aromatic rings. The number of morpholine rings is 1. The molecule has 1 saturated heterocycles. The highest BCUT2D eigenvalue weighted by Gasteiger charge is 2.27. The Morgan fingerprint density at radius 1 is 1.47 bits per heavy atom. The summed E-state index contributed by atoms with van der Waals surface area (Å²) in [5.41, 5.74) is 1.88. The molecule has 1 aliphatic heterocycles. The Morgan fingerprint density at radius 3 is 2.84 bits per heavy atom. The number of amides is 1. The lowest BCUT2D eigenvalue weighted by atomic mass is 10.1. The standard InChI is InChI=1S/C14H19NO3S/c1-19-10-11-2-4-12(5-3-11)14(17)15-6-7-18-9-13(15)8-16/h2-5,13,16H,6-10H2,1H3. The van der Waals surface area contributed by atoms with E-state index in [1.54, 1.807) is 16.7 Å². The molecule has 1 fully saturated rings.